The summed E-state index contributed by atoms with van der Waals surface area (Å²) in [4.78, 5) is 15.9. The molecule has 3 nitrogen and oxygen atoms in total. The molecule has 0 aromatic rings. The molecular formula is C12H18F2N2O. The molecule has 0 radical (unpaired) electrons. The van der Waals surface area contributed by atoms with Gasteiger partial charge in [-0.2, -0.15) is 0 Å². The number of amides is 1. The zero-order chi connectivity index (χ0) is 12.3. The molecule has 1 saturated carbocycles. The fourth-order valence-corrected chi connectivity index (χ4v) is 3.43. The zero-order valence-electron chi connectivity index (χ0n) is 10.1. The molecule has 0 aromatic carbocycles. The van der Waals surface area contributed by atoms with Crippen LogP contribution in [-0.2, 0) is 4.79 Å². The molecule has 1 spiro atoms. The first kappa shape index (κ1) is 11.4. The highest BCUT2D eigenvalue weighted by molar-refractivity contribution is 5.81. The standard InChI is InChI=1S/C12H18F2N2O/c1-15-3-2-11(6-15)7-16(8-11)10(17)9-4-12(13,14)5-9/h9H,2-8H2,1H3. The van der Waals surface area contributed by atoms with E-state index in [0.29, 0.717) is 0 Å². The van der Waals surface area contributed by atoms with Crippen molar-refractivity contribution in [3.05, 3.63) is 0 Å². The maximum absolute atomic E-state index is 12.7. The zero-order valence-corrected chi connectivity index (χ0v) is 10.1. The van der Waals surface area contributed by atoms with Crippen molar-refractivity contribution in [1.82, 2.24) is 9.80 Å². The van der Waals surface area contributed by atoms with Crippen LogP contribution in [0.4, 0.5) is 8.78 Å². The molecule has 96 valence electrons. The van der Waals surface area contributed by atoms with Gasteiger partial charge in [0.2, 0.25) is 11.8 Å². The summed E-state index contributed by atoms with van der Waals surface area (Å²) in [6.07, 6.45) is 0.651. The van der Waals surface area contributed by atoms with Crippen molar-refractivity contribution in [3.8, 4) is 0 Å². The maximum atomic E-state index is 12.7. The minimum atomic E-state index is -2.59. The molecule has 0 atom stereocenters. The predicted molar refractivity (Wildman–Crippen MR) is 58.8 cm³/mol. The molecule has 1 amide bonds. The van der Waals surface area contributed by atoms with E-state index in [1.54, 1.807) is 4.90 Å². The number of nitrogens with zero attached hydrogens (tertiary/aromatic N) is 2. The van der Waals surface area contributed by atoms with E-state index in [4.69, 9.17) is 0 Å². The third-order valence-corrected chi connectivity index (χ3v) is 4.43. The molecule has 17 heavy (non-hydrogen) atoms. The molecule has 3 aliphatic rings. The molecule has 1 aliphatic carbocycles. The highest BCUT2D eigenvalue weighted by Gasteiger charge is 2.54. The van der Waals surface area contributed by atoms with Gasteiger partial charge in [-0.3, -0.25) is 4.79 Å². The molecule has 5 heteroatoms. The van der Waals surface area contributed by atoms with Gasteiger partial charge < -0.3 is 9.80 Å². The van der Waals surface area contributed by atoms with Gasteiger partial charge in [-0.25, -0.2) is 8.78 Å². The SMILES string of the molecule is CN1CCC2(C1)CN(C(=O)C1CC(F)(F)C1)C2. The predicted octanol–water partition coefficient (Wildman–Crippen LogP) is 1.20. The first-order chi connectivity index (χ1) is 7.89. The smallest absolute Gasteiger partial charge is 0.249 e. The van der Waals surface area contributed by atoms with Crippen LogP contribution in [0, 0.1) is 11.3 Å². The van der Waals surface area contributed by atoms with E-state index in [2.05, 4.69) is 11.9 Å². The van der Waals surface area contributed by atoms with E-state index < -0.39 is 11.8 Å². The van der Waals surface area contributed by atoms with Gasteiger partial charge in [0.25, 0.3) is 0 Å². The molecule has 0 bridgehead atoms. The minimum absolute atomic E-state index is 0.0453. The van der Waals surface area contributed by atoms with Gasteiger partial charge >= 0.3 is 0 Å². The Morgan fingerprint density at radius 2 is 1.88 bits per heavy atom. The summed E-state index contributed by atoms with van der Waals surface area (Å²) in [7, 11) is 2.09. The van der Waals surface area contributed by atoms with Crippen molar-refractivity contribution < 1.29 is 13.6 Å². The second-order valence-corrected chi connectivity index (χ2v) is 6.14. The molecular weight excluding hydrogens is 226 g/mol. The Morgan fingerprint density at radius 3 is 2.35 bits per heavy atom. The van der Waals surface area contributed by atoms with Crippen molar-refractivity contribution in [3.63, 3.8) is 0 Å². The number of hydrogen-bond acceptors (Lipinski definition) is 2. The van der Waals surface area contributed by atoms with E-state index >= 15 is 0 Å². The van der Waals surface area contributed by atoms with Crippen molar-refractivity contribution in [2.75, 3.05) is 33.2 Å². The molecule has 0 N–H and O–H groups in total. The van der Waals surface area contributed by atoms with E-state index in [1.165, 1.54) is 0 Å². The van der Waals surface area contributed by atoms with Gasteiger partial charge in [0.1, 0.15) is 0 Å². The largest absolute Gasteiger partial charge is 0.341 e. The normalized spacial score (nSPS) is 31.4. The Hall–Kier alpha value is -0.710. The summed E-state index contributed by atoms with van der Waals surface area (Å²) < 4.78 is 25.4. The van der Waals surface area contributed by atoms with Crippen LogP contribution in [0.15, 0.2) is 0 Å². The number of likely N-dealkylation sites (tertiary alicyclic amines) is 2. The van der Waals surface area contributed by atoms with Gasteiger partial charge in [0.05, 0.1) is 0 Å². The summed E-state index contributed by atoms with van der Waals surface area (Å²) in [5.41, 5.74) is 0.274. The van der Waals surface area contributed by atoms with Crippen molar-refractivity contribution in [2.45, 2.75) is 25.2 Å². The van der Waals surface area contributed by atoms with Crippen LogP contribution >= 0.6 is 0 Å². The van der Waals surface area contributed by atoms with Crippen molar-refractivity contribution in [2.24, 2.45) is 11.3 Å². The Morgan fingerprint density at radius 1 is 1.24 bits per heavy atom. The lowest BCUT2D eigenvalue weighted by atomic mass is 9.75. The minimum Gasteiger partial charge on any atom is -0.341 e. The van der Waals surface area contributed by atoms with E-state index in [0.717, 1.165) is 32.6 Å². The molecule has 2 heterocycles. The van der Waals surface area contributed by atoms with Crippen molar-refractivity contribution in [1.29, 1.82) is 0 Å². The van der Waals surface area contributed by atoms with E-state index in [1.807, 2.05) is 0 Å². The van der Waals surface area contributed by atoms with Gasteiger partial charge in [-0.1, -0.05) is 0 Å². The summed E-state index contributed by atoms with van der Waals surface area (Å²) >= 11 is 0. The molecule has 3 fully saturated rings. The quantitative estimate of drug-likeness (QED) is 0.692. The van der Waals surface area contributed by atoms with Crippen LogP contribution < -0.4 is 0 Å². The third-order valence-electron chi connectivity index (χ3n) is 4.43. The number of hydrogen-bond donors (Lipinski definition) is 0. The lowest BCUT2D eigenvalue weighted by Crippen LogP contribution is -2.62. The summed E-state index contributed by atoms with van der Waals surface area (Å²) in [5.74, 6) is -3.05. The first-order valence-electron chi connectivity index (χ1n) is 6.24. The summed E-state index contributed by atoms with van der Waals surface area (Å²) in [6.45, 7) is 3.68. The number of carbonyl (C=O) groups is 1. The lowest BCUT2D eigenvalue weighted by Gasteiger charge is -2.50. The van der Waals surface area contributed by atoms with Crippen LogP contribution in [0.3, 0.4) is 0 Å². The number of carbonyl (C=O) groups excluding carboxylic acids is 1. The van der Waals surface area contributed by atoms with E-state index in [9.17, 15) is 13.6 Å². The second kappa shape index (κ2) is 3.40. The molecule has 2 saturated heterocycles. The lowest BCUT2D eigenvalue weighted by molar-refractivity contribution is -0.169. The summed E-state index contributed by atoms with van der Waals surface area (Å²) in [5, 5.41) is 0. The Labute approximate surface area is 99.7 Å². The van der Waals surface area contributed by atoms with Gasteiger partial charge in [0, 0.05) is 43.8 Å². The van der Waals surface area contributed by atoms with Gasteiger partial charge in [-0.15, -0.1) is 0 Å². The molecule has 3 rings (SSSR count). The van der Waals surface area contributed by atoms with Crippen molar-refractivity contribution >= 4 is 5.91 Å². The van der Waals surface area contributed by atoms with Crippen LogP contribution in [0.2, 0.25) is 0 Å². The second-order valence-electron chi connectivity index (χ2n) is 6.14. The number of halogens is 2. The third kappa shape index (κ3) is 1.84. The van der Waals surface area contributed by atoms with E-state index in [-0.39, 0.29) is 24.2 Å². The van der Waals surface area contributed by atoms with Crippen LogP contribution in [0.5, 0.6) is 0 Å². The fourth-order valence-electron chi connectivity index (χ4n) is 3.43. The Balaban J connectivity index is 1.51. The Bertz CT molecular complexity index is 344. The number of alkyl halides is 2. The van der Waals surface area contributed by atoms with Crippen LogP contribution in [0.1, 0.15) is 19.3 Å². The van der Waals surface area contributed by atoms with Gasteiger partial charge in [-0.05, 0) is 20.0 Å². The van der Waals surface area contributed by atoms with Crippen LogP contribution in [0.25, 0.3) is 0 Å². The topological polar surface area (TPSA) is 23.6 Å². The fraction of sp³-hybridized carbons (Fsp3) is 0.917. The molecule has 0 aromatic heterocycles. The average molecular weight is 244 g/mol. The van der Waals surface area contributed by atoms with Crippen LogP contribution in [-0.4, -0.2) is 54.9 Å². The Kier molecular flexibility index (Phi) is 2.28. The highest BCUT2D eigenvalue weighted by Crippen LogP contribution is 2.46. The maximum Gasteiger partial charge on any atom is 0.249 e. The highest BCUT2D eigenvalue weighted by atomic mass is 19.3. The molecule has 0 unspecified atom stereocenters. The monoisotopic (exact) mass is 244 g/mol. The summed E-state index contributed by atoms with van der Waals surface area (Å²) in [6, 6.07) is 0. The first-order valence-corrected chi connectivity index (χ1v) is 6.24. The number of rotatable bonds is 1. The molecule has 2 aliphatic heterocycles. The van der Waals surface area contributed by atoms with Gasteiger partial charge in [0.15, 0.2) is 0 Å². The average Bonchev–Trinajstić information content (AvgIpc) is 2.53.